The molecule has 0 fully saturated rings. The minimum Gasteiger partial charge on any atom is -0.497 e. The summed E-state index contributed by atoms with van der Waals surface area (Å²) in [7, 11) is 1.62. The third kappa shape index (κ3) is 5.07. The van der Waals surface area contributed by atoms with Gasteiger partial charge in [0.1, 0.15) is 35.1 Å². The van der Waals surface area contributed by atoms with Gasteiger partial charge in [0, 0.05) is 4.88 Å². The van der Waals surface area contributed by atoms with Crippen LogP contribution < -0.4 is 20.1 Å². The Labute approximate surface area is 161 Å². The first-order chi connectivity index (χ1) is 13.2. The van der Waals surface area contributed by atoms with Gasteiger partial charge in [0.15, 0.2) is 0 Å². The van der Waals surface area contributed by atoms with E-state index in [0.717, 1.165) is 28.1 Å². The van der Waals surface area contributed by atoms with E-state index in [4.69, 9.17) is 9.47 Å². The molecule has 142 valence electrons. The summed E-state index contributed by atoms with van der Waals surface area (Å²) >= 11 is 1.65. The number of hydrogen-bond donors (Lipinski definition) is 2. The highest BCUT2D eigenvalue weighted by Crippen LogP contribution is 2.28. The van der Waals surface area contributed by atoms with Crippen molar-refractivity contribution in [1.82, 2.24) is 15.3 Å². The Bertz CT molecular complexity index is 896. The number of nitrogens with one attached hydrogen (secondary N) is 2. The zero-order chi connectivity index (χ0) is 19.1. The molecule has 1 aromatic carbocycles. The summed E-state index contributed by atoms with van der Waals surface area (Å²) in [5, 5.41) is 6.86. The number of benzene rings is 1. The highest BCUT2D eigenvalue weighted by atomic mass is 32.1. The molecule has 0 aliphatic rings. The van der Waals surface area contributed by atoms with Crippen LogP contribution in [-0.2, 0) is 11.2 Å². The van der Waals surface area contributed by atoms with E-state index in [1.54, 1.807) is 18.4 Å². The van der Waals surface area contributed by atoms with Crippen LogP contribution in [-0.4, -0.2) is 42.7 Å². The Morgan fingerprint density at radius 3 is 2.70 bits per heavy atom. The average Bonchev–Trinajstić information content (AvgIpc) is 3.14. The number of anilines is 1. The molecule has 3 rings (SSSR count). The molecule has 0 aliphatic carbocycles. The number of aromatic nitrogens is 2. The van der Waals surface area contributed by atoms with E-state index in [0.29, 0.717) is 19.0 Å². The molecule has 0 spiro atoms. The maximum absolute atomic E-state index is 12.0. The normalized spacial score (nSPS) is 10.6. The van der Waals surface area contributed by atoms with E-state index >= 15 is 0 Å². The lowest BCUT2D eigenvalue weighted by atomic mass is 10.3. The fraction of sp³-hybridized carbons (Fsp3) is 0.316. The van der Waals surface area contributed by atoms with E-state index in [1.807, 2.05) is 24.3 Å². The molecule has 2 N–H and O–H groups in total. The summed E-state index contributed by atoms with van der Waals surface area (Å²) in [6.07, 6.45) is 2.47. The van der Waals surface area contributed by atoms with Gasteiger partial charge in [-0.1, -0.05) is 6.92 Å². The SMILES string of the molecule is CCc1cc2c(NCC(=O)NCCOc3ccc(OC)cc3)ncnc2s1. The highest BCUT2D eigenvalue weighted by molar-refractivity contribution is 7.18. The summed E-state index contributed by atoms with van der Waals surface area (Å²) in [4.78, 5) is 22.7. The van der Waals surface area contributed by atoms with Crippen LogP contribution >= 0.6 is 11.3 Å². The Hall–Kier alpha value is -2.87. The third-order valence-corrected chi connectivity index (χ3v) is 5.09. The van der Waals surface area contributed by atoms with Crippen LogP contribution in [0.3, 0.4) is 0 Å². The molecular formula is C19H22N4O3S. The van der Waals surface area contributed by atoms with Gasteiger partial charge in [-0.05, 0) is 36.8 Å². The van der Waals surface area contributed by atoms with Gasteiger partial charge >= 0.3 is 0 Å². The fourth-order valence-corrected chi connectivity index (χ4v) is 3.41. The number of carbonyl (C=O) groups excluding carboxylic acids is 1. The Morgan fingerprint density at radius 2 is 1.96 bits per heavy atom. The number of methoxy groups -OCH3 is 1. The van der Waals surface area contributed by atoms with Crippen LogP contribution in [0.4, 0.5) is 5.82 Å². The van der Waals surface area contributed by atoms with Crippen LogP contribution in [0.2, 0.25) is 0 Å². The molecule has 0 radical (unpaired) electrons. The smallest absolute Gasteiger partial charge is 0.239 e. The minimum absolute atomic E-state index is 0.119. The van der Waals surface area contributed by atoms with E-state index in [2.05, 4.69) is 33.6 Å². The standard InChI is InChI=1S/C19H22N4O3S/c1-3-15-10-16-18(22-12-23-19(16)27-15)21-11-17(24)20-8-9-26-14-6-4-13(25-2)5-7-14/h4-7,10,12H,3,8-9,11H2,1-2H3,(H,20,24)(H,21,22,23). The van der Waals surface area contributed by atoms with Gasteiger partial charge in [-0.3, -0.25) is 4.79 Å². The van der Waals surface area contributed by atoms with Gasteiger partial charge < -0.3 is 20.1 Å². The van der Waals surface area contributed by atoms with Crippen molar-refractivity contribution in [2.45, 2.75) is 13.3 Å². The molecule has 0 unspecified atom stereocenters. The van der Waals surface area contributed by atoms with Gasteiger partial charge in [-0.2, -0.15) is 0 Å². The second-order valence-electron chi connectivity index (χ2n) is 5.73. The van der Waals surface area contributed by atoms with E-state index in [-0.39, 0.29) is 12.5 Å². The molecule has 1 amide bonds. The van der Waals surface area contributed by atoms with Crippen LogP contribution in [0, 0.1) is 0 Å². The Morgan fingerprint density at radius 1 is 1.19 bits per heavy atom. The molecule has 0 atom stereocenters. The van der Waals surface area contributed by atoms with Gasteiger partial charge in [0.25, 0.3) is 0 Å². The molecule has 0 saturated carbocycles. The lowest BCUT2D eigenvalue weighted by Gasteiger charge is -2.09. The second kappa shape index (κ2) is 9.18. The first-order valence-corrected chi connectivity index (χ1v) is 9.52. The molecule has 7 nitrogen and oxygen atoms in total. The lowest BCUT2D eigenvalue weighted by Crippen LogP contribution is -2.33. The van der Waals surface area contributed by atoms with Crippen LogP contribution in [0.5, 0.6) is 11.5 Å². The van der Waals surface area contributed by atoms with Gasteiger partial charge in [0.2, 0.25) is 5.91 Å². The Balaban J connectivity index is 1.42. The first-order valence-electron chi connectivity index (χ1n) is 8.70. The largest absolute Gasteiger partial charge is 0.497 e. The Kier molecular flexibility index (Phi) is 6.43. The van der Waals surface area contributed by atoms with Crippen LogP contribution in [0.15, 0.2) is 36.7 Å². The third-order valence-electron chi connectivity index (χ3n) is 3.90. The summed E-state index contributed by atoms with van der Waals surface area (Å²) in [5.74, 6) is 2.07. The number of nitrogens with zero attached hydrogens (tertiary/aromatic N) is 2. The topological polar surface area (TPSA) is 85.4 Å². The van der Waals surface area contributed by atoms with Crippen molar-refractivity contribution < 1.29 is 14.3 Å². The average molecular weight is 386 g/mol. The quantitative estimate of drug-likeness (QED) is 0.550. The first kappa shape index (κ1) is 18.9. The molecule has 2 aromatic heterocycles. The zero-order valence-corrected chi connectivity index (χ0v) is 16.1. The summed E-state index contributed by atoms with van der Waals surface area (Å²) < 4.78 is 10.7. The summed E-state index contributed by atoms with van der Waals surface area (Å²) in [6.45, 7) is 3.06. The number of ether oxygens (including phenoxy) is 2. The molecule has 0 aliphatic heterocycles. The molecule has 0 saturated heterocycles. The minimum atomic E-state index is -0.119. The maximum atomic E-state index is 12.0. The van der Waals surface area contributed by atoms with Crippen LogP contribution in [0.1, 0.15) is 11.8 Å². The number of carbonyl (C=O) groups is 1. The number of aryl methyl sites for hydroxylation is 1. The number of thiophene rings is 1. The van der Waals surface area contributed by atoms with Crippen molar-refractivity contribution in [3.05, 3.63) is 41.5 Å². The molecule has 8 heteroatoms. The highest BCUT2D eigenvalue weighted by Gasteiger charge is 2.09. The lowest BCUT2D eigenvalue weighted by molar-refractivity contribution is -0.119. The van der Waals surface area contributed by atoms with E-state index in [1.165, 1.54) is 11.2 Å². The fourth-order valence-electron chi connectivity index (χ4n) is 2.48. The predicted molar refractivity (Wildman–Crippen MR) is 107 cm³/mol. The van der Waals surface area contributed by atoms with Crippen molar-refractivity contribution >= 4 is 33.3 Å². The molecule has 27 heavy (non-hydrogen) atoms. The van der Waals surface area contributed by atoms with Crippen molar-refractivity contribution in [2.75, 3.05) is 32.1 Å². The van der Waals surface area contributed by atoms with Gasteiger partial charge in [-0.25, -0.2) is 9.97 Å². The summed E-state index contributed by atoms with van der Waals surface area (Å²) in [6, 6.07) is 9.38. The van der Waals surface area contributed by atoms with Crippen molar-refractivity contribution in [2.24, 2.45) is 0 Å². The number of fused-ring (bicyclic) bond motifs is 1. The molecule has 0 bridgehead atoms. The van der Waals surface area contributed by atoms with Crippen molar-refractivity contribution in [3.63, 3.8) is 0 Å². The second-order valence-corrected chi connectivity index (χ2v) is 6.85. The van der Waals surface area contributed by atoms with Gasteiger partial charge in [0.05, 0.1) is 25.6 Å². The number of rotatable bonds is 9. The number of amides is 1. The van der Waals surface area contributed by atoms with Gasteiger partial charge in [-0.15, -0.1) is 11.3 Å². The summed E-state index contributed by atoms with van der Waals surface area (Å²) in [5.41, 5.74) is 0. The van der Waals surface area contributed by atoms with E-state index in [9.17, 15) is 4.79 Å². The van der Waals surface area contributed by atoms with Crippen LogP contribution in [0.25, 0.3) is 10.2 Å². The van der Waals surface area contributed by atoms with Crippen molar-refractivity contribution in [3.8, 4) is 11.5 Å². The predicted octanol–water partition coefficient (Wildman–Crippen LogP) is 2.87. The molecule has 3 aromatic rings. The zero-order valence-electron chi connectivity index (χ0n) is 15.3. The van der Waals surface area contributed by atoms with Crippen molar-refractivity contribution in [1.29, 1.82) is 0 Å². The number of hydrogen-bond acceptors (Lipinski definition) is 7. The maximum Gasteiger partial charge on any atom is 0.239 e. The van der Waals surface area contributed by atoms with E-state index < -0.39 is 0 Å². The monoisotopic (exact) mass is 386 g/mol. The molecular weight excluding hydrogens is 364 g/mol. The molecule has 2 heterocycles.